The van der Waals surface area contributed by atoms with E-state index in [1.807, 2.05) is 0 Å². The molecule has 2 rings (SSSR count). The lowest BCUT2D eigenvalue weighted by Gasteiger charge is -2.24. The Kier molecular flexibility index (Phi) is 4.42. The largest absolute Gasteiger partial charge is 0.315 e. The summed E-state index contributed by atoms with van der Waals surface area (Å²) >= 11 is 0. The first-order valence-corrected chi connectivity index (χ1v) is 6.50. The maximum absolute atomic E-state index is 3.63. The molecule has 1 atom stereocenters. The molecule has 15 heavy (non-hydrogen) atoms. The van der Waals surface area contributed by atoms with Gasteiger partial charge in [0.2, 0.25) is 0 Å². The first-order chi connectivity index (χ1) is 7.36. The first-order valence-electron chi connectivity index (χ1n) is 6.50. The Balaban J connectivity index is 1.56. The molecule has 3 nitrogen and oxygen atoms in total. The normalized spacial score (nSPS) is 28.0. The number of likely N-dealkylation sites (N-methyl/N-ethyl adjacent to an activating group) is 1. The van der Waals surface area contributed by atoms with Crippen LogP contribution in [0.2, 0.25) is 0 Å². The highest BCUT2D eigenvalue weighted by atomic mass is 15.2. The minimum absolute atomic E-state index is 0.724. The van der Waals surface area contributed by atoms with Gasteiger partial charge in [-0.2, -0.15) is 0 Å². The summed E-state index contributed by atoms with van der Waals surface area (Å²) in [7, 11) is 2.28. The molecule has 2 N–H and O–H groups in total. The van der Waals surface area contributed by atoms with Crippen LogP contribution in [-0.4, -0.2) is 50.2 Å². The molecule has 0 aromatic heterocycles. The number of rotatable bonds is 5. The summed E-state index contributed by atoms with van der Waals surface area (Å²) in [5, 5.41) is 7.02. The van der Waals surface area contributed by atoms with Crippen molar-refractivity contribution in [2.24, 2.45) is 0 Å². The smallest absolute Gasteiger partial charge is 0.0205 e. The monoisotopic (exact) mass is 211 g/mol. The second-order valence-electron chi connectivity index (χ2n) is 5.06. The van der Waals surface area contributed by atoms with E-state index in [9.17, 15) is 0 Å². The lowest BCUT2D eigenvalue weighted by molar-refractivity contribution is 0.243. The van der Waals surface area contributed by atoms with Crippen molar-refractivity contribution in [3.05, 3.63) is 0 Å². The molecule has 1 aliphatic carbocycles. The van der Waals surface area contributed by atoms with Crippen molar-refractivity contribution in [3.63, 3.8) is 0 Å². The molecule has 0 amide bonds. The molecule has 2 aliphatic rings. The van der Waals surface area contributed by atoms with Crippen molar-refractivity contribution >= 4 is 0 Å². The minimum Gasteiger partial charge on any atom is -0.315 e. The van der Waals surface area contributed by atoms with Crippen molar-refractivity contribution < 1.29 is 0 Å². The van der Waals surface area contributed by atoms with Crippen molar-refractivity contribution in [2.75, 3.05) is 33.2 Å². The van der Waals surface area contributed by atoms with Gasteiger partial charge in [-0.25, -0.2) is 0 Å². The highest BCUT2D eigenvalue weighted by Crippen LogP contribution is 2.21. The van der Waals surface area contributed by atoms with Gasteiger partial charge in [-0.15, -0.1) is 0 Å². The van der Waals surface area contributed by atoms with Crippen molar-refractivity contribution in [2.45, 2.75) is 44.2 Å². The summed E-state index contributed by atoms with van der Waals surface area (Å²) < 4.78 is 0. The fourth-order valence-electron chi connectivity index (χ4n) is 2.80. The summed E-state index contributed by atoms with van der Waals surface area (Å²) in [6, 6.07) is 1.59. The molecular formula is C12H25N3. The lowest BCUT2D eigenvalue weighted by Crippen LogP contribution is -2.39. The van der Waals surface area contributed by atoms with Crippen LogP contribution in [0.25, 0.3) is 0 Å². The van der Waals surface area contributed by atoms with Crippen LogP contribution in [0.1, 0.15) is 32.1 Å². The third kappa shape index (κ3) is 3.44. The topological polar surface area (TPSA) is 27.3 Å². The maximum Gasteiger partial charge on any atom is 0.0205 e. The van der Waals surface area contributed by atoms with E-state index in [0.717, 1.165) is 25.2 Å². The fourth-order valence-corrected chi connectivity index (χ4v) is 2.80. The van der Waals surface area contributed by atoms with Crippen LogP contribution in [0.5, 0.6) is 0 Å². The second-order valence-corrected chi connectivity index (χ2v) is 5.06. The Morgan fingerprint density at radius 3 is 2.73 bits per heavy atom. The summed E-state index contributed by atoms with van der Waals surface area (Å²) in [6.45, 7) is 4.71. The summed E-state index contributed by atoms with van der Waals surface area (Å²) in [6.07, 6.45) is 7.01. The lowest BCUT2D eigenvalue weighted by atomic mass is 10.2. The van der Waals surface area contributed by atoms with Crippen LogP contribution in [0, 0.1) is 0 Å². The number of hydrogen-bond acceptors (Lipinski definition) is 3. The van der Waals surface area contributed by atoms with Crippen LogP contribution >= 0.6 is 0 Å². The third-order valence-electron chi connectivity index (χ3n) is 3.91. The highest BCUT2D eigenvalue weighted by molar-refractivity contribution is 4.79. The Labute approximate surface area is 93.6 Å². The van der Waals surface area contributed by atoms with E-state index < -0.39 is 0 Å². The molecule has 0 bridgehead atoms. The molecule has 1 saturated heterocycles. The van der Waals surface area contributed by atoms with Crippen molar-refractivity contribution in [3.8, 4) is 0 Å². The molecule has 0 aromatic carbocycles. The van der Waals surface area contributed by atoms with Crippen LogP contribution in [0.3, 0.4) is 0 Å². The highest BCUT2D eigenvalue weighted by Gasteiger charge is 2.19. The second kappa shape index (κ2) is 5.83. The van der Waals surface area contributed by atoms with E-state index in [1.54, 1.807) is 0 Å². The van der Waals surface area contributed by atoms with Gasteiger partial charge in [0, 0.05) is 31.7 Å². The van der Waals surface area contributed by atoms with Gasteiger partial charge in [0.15, 0.2) is 0 Å². The van der Waals surface area contributed by atoms with Crippen molar-refractivity contribution in [1.29, 1.82) is 0 Å². The molecular weight excluding hydrogens is 186 g/mol. The minimum atomic E-state index is 0.724. The molecule has 1 aliphatic heterocycles. The molecule has 0 spiro atoms. The molecule has 1 saturated carbocycles. The summed E-state index contributed by atoms with van der Waals surface area (Å²) in [5.41, 5.74) is 0. The first kappa shape index (κ1) is 11.4. The number of hydrogen-bond donors (Lipinski definition) is 2. The Hall–Kier alpha value is -0.120. The van der Waals surface area contributed by atoms with E-state index in [2.05, 4.69) is 22.6 Å². The van der Waals surface area contributed by atoms with E-state index in [0.29, 0.717) is 0 Å². The van der Waals surface area contributed by atoms with Gasteiger partial charge in [-0.1, -0.05) is 12.8 Å². The fraction of sp³-hybridized carbons (Fsp3) is 1.00. The zero-order valence-electron chi connectivity index (χ0n) is 9.97. The van der Waals surface area contributed by atoms with Crippen molar-refractivity contribution in [1.82, 2.24) is 15.5 Å². The van der Waals surface area contributed by atoms with E-state index in [4.69, 9.17) is 0 Å². The molecule has 3 heteroatoms. The molecule has 1 heterocycles. The zero-order valence-corrected chi connectivity index (χ0v) is 9.97. The van der Waals surface area contributed by atoms with Gasteiger partial charge in [-0.3, -0.25) is 0 Å². The van der Waals surface area contributed by atoms with Gasteiger partial charge in [0.25, 0.3) is 0 Å². The summed E-state index contributed by atoms with van der Waals surface area (Å²) in [5.74, 6) is 0. The van der Waals surface area contributed by atoms with Gasteiger partial charge in [-0.05, 0) is 32.9 Å². The van der Waals surface area contributed by atoms with Crippen LogP contribution in [0.15, 0.2) is 0 Å². The molecule has 2 fully saturated rings. The standard InChI is InChI=1S/C12H25N3/c1-15(12-4-2-3-5-12)9-8-14-11-6-7-13-10-11/h11-14H,2-10H2,1H3. The molecule has 0 radical (unpaired) electrons. The van der Waals surface area contributed by atoms with Gasteiger partial charge >= 0.3 is 0 Å². The molecule has 0 aromatic rings. The van der Waals surface area contributed by atoms with Gasteiger partial charge < -0.3 is 15.5 Å². The Morgan fingerprint density at radius 1 is 1.27 bits per heavy atom. The Morgan fingerprint density at radius 2 is 2.07 bits per heavy atom. The average molecular weight is 211 g/mol. The van der Waals surface area contributed by atoms with Crippen LogP contribution in [-0.2, 0) is 0 Å². The van der Waals surface area contributed by atoms with Crippen LogP contribution < -0.4 is 10.6 Å². The van der Waals surface area contributed by atoms with E-state index in [-0.39, 0.29) is 0 Å². The number of nitrogens with zero attached hydrogens (tertiary/aromatic N) is 1. The third-order valence-corrected chi connectivity index (χ3v) is 3.91. The predicted molar refractivity (Wildman–Crippen MR) is 64.2 cm³/mol. The van der Waals surface area contributed by atoms with Crippen LogP contribution in [0.4, 0.5) is 0 Å². The zero-order chi connectivity index (χ0) is 10.5. The van der Waals surface area contributed by atoms with Gasteiger partial charge in [0.1, 0.15) is 0 Å². The Bertz CT molecular complexity index is 172. The van der Waals surface area contributed by atoms with Gasteiger partial charge in [0.05, 0.1) is 0 Å². The van der Waals surface area contributed by atoms with E-state index in [1.165, 1.54) is 45.2 Å². The molecule has 1 unspecified atom stereocenters. The summed E-state index contributed by atoms with van der Waals surface area (Å²) in [4.78, 5) is 2.54. The quantitative estimate of drug-likeness (QED) is 0.705. The SMILES string of the molecule is CN(CCNC1CCNC1)C1CCCC1. The number of nitrogens with one attached hydrogen (secondary N) is 2. The predicted octanol–water partition coefficient (Wildman–Crippen LogP) is 0.812. The maximum atomic E-state index is 3.63. The molecule has 88 valence electrons. The van der Waals surface area contributed by atoms with E-state index >= 15 is 0 Å². The average Bonchev–Trinajstić information content (AvgIpc) is 2.90.